The van der Waals surface area contributed by atoms with E-state index in [1.54, 1.807) is 12.1 Å². The first-order valence-electron chi connectivity index (χ1n) is 4.96. The lowest BCUT2D eigenvalue weighted by atomic mass is 10.1. The number of hydrogen-bond donors (Lipinski definition) is 2. The van der Waals surface area contributed by atoms with Gasteiger partial charge in [0.1, 0.15) is 11.6 Å². The molecule has 0 saturated carbocycles. The molecule has 1 heterocycles. The summed E-state index contributed by atoms with van der Waals surface area (Å²) in [5, 5.41) is 11.8. The summed E-state index contributed by atoms with van der Waals surface area (Å²) in [6.07, 6.45) is 1.51. The zero-order valence-electron chi connectivity index (χ0n) is 8.81. The average molecular weight is 235 g/mol. The van der Waals surface area contributed by atoms with Gasteiger partial charge in [-0.05, 0) is 30.3 Å². The molecule has 2 N–H and O–H groups in total. The molecule has 1 aromatic carbocycles. The van der Waals surface area contributed by atoms with Crippen molar-refractivity contribution in [2.24, 2.45) is 0 Å². The van der Waals surface area contributed by atoms with Crippen LogP contribution in [-0.4, -0.2) is 11.1 Å². The Morgan fingerprint density at radius 3 is 2.88 bits per heavy atom. The monoisotopic (exact) mass is 235 g/mol. The Balaban J connectivity index is 2.19. The zero-order chi connectivity index (χ0) is 12.3. The number of rotatable bonds is 4. The lowest BCUT2D eigenvalue weighted by molar-refractivity contribution is 0.0698. The molecule has 1 aromatic heterocycles. The van der Waals surface area contributed by atoms with Crippen molar-refractivity contribution in [3.05, 3.63) is 53.7 Å². The number of carbonyl (C=O) groups is 1. The smallest absolute Gasteiger partial charge is 0.337 e. The molecular formula is C12H10FNO3. The highest BCUT2D eigenvalue weighted by molar-refractivity contribution is 5.94. The summed E-state index contributed by atoms with van der Waals surface area (Å²) in [5.41, 5.74) is 0.256. The van der Waals surface area contributed by atoms with Gasteiger partial charge in [-0.25, -0.2) is 9.18 Å². The van der Waals surface area contributed by atoms with Crippen LogP contribution in [-0.2, 0) is 6.54 Å². The second-order valence-electron chi connectivity index (χ2n) is 3.43. The van der Waals surface area contributed by atoms with Crippen LogP contribution < -0.4 is 5.32 Å². The van der Waals surface area contributed by atoms with Gasteiger partial charge in [-0.1, -0.05) is 0 Å². The molecule has 0 saturated heterocycles. The fourth-order valence-corrected chi connectivity index (χ4v) is 1.44. The molecule has 0 aliphatic carbocycles. The molecule has 88 valence electrons. The van der Waals surface area contributed by atoms with Crippen molar-refractivity contribution >= 4 is 11.7 Å². The van der Waals surface area contributed by atoms with E-state index in [0.29, 0.717) is 12.3 Å². The Morgan fingerprint density at radius 1 is 1.41 bits per heavy atom. The third kappa shape index (κ3) is 2.63. The molecule has 0 amide bonds. The van der Waals surface area contributed by atoms with Crippen molar-refractivity contribution in [1.29, 1.82) is 0 Å². The van der Waals surface area contributed by atoms with Gasteiger partial charge in [0.05, 0.1) is 24.1 Å². The highest BCUT2D eigenvalue weighted by atomic mass is 19.1. The van der Waals surface area contributed by atoms with E-state index < -0.39 is 11.8 Å². The van der Waals surface area contributed by atoms with E-state index in [-0.39, 0.29) is 11.3 Å². The van der Waals surface area contributed by atoms with Crippen LogP contribution in [0.3, 0.4) is 0 Å². The van der Waals surface area contributed by atoms with Crippen LogP contribution in [0.4, 0.5) is 10.1 Å². The molecule has 0 fully saturated rings. The van der Waals surface area contributed by atoms with Gasteiger partial charge in [0.25, 0.3) is 0 Å². The van der Waals surface area contributed by atoms with E-state index in [1.165, 1.54) is 12.3 Å². The molecule has 2 rings (SSSR count). The van der Waals surface area contributed by atoms with Crippen LogP contribution in [0.5, 0.6) is 0 Å². The Bertz CT molecular complexity index is 523. The molecule has 4 nitrogen and oxygen atoms in total. The van der Waals surface area contributed by atoms with Crippen LogP contribution in [0.15, 0.2) is 41.0 Å². The zero-order valence-corrected chi connectivity index (χ0v) is 8.81. The Labute approximate surface area is 96.7 Å². The summed E-state index contributed by atoms with van der Waals surface area (Å²) in [4.78, 5) is 10.9. The van der Waals surface area contributed by atoms with Gasteiger partial charge in [-0.2, -0.15) is 0 Å². The molecule has 0 aliphatic heterocycles. The molecule has 0 spiro atoms. The fraction of sp³-hybridized carbons (Fsp3) is 0.0833. The quantitative estimate of drug-likeness (QED) is 0.855. The molecule has 0 aliphatic rings. The summed E-state index contributed by atoms with van der Waals surface area (Å²) in [7, 11) is 0. The van der Waals surface area contributed by atoms with Crippen molar-refractivity contribution in [3.8, 4) is 0 Å². The third-order valence-electron chi connectivity index (χ3n) is 2.25. The van der Waals surface area contributed by atoms with Crippen LogP contribution >= 0.6 is 0 Å². The molecule has 0 atom stereocenters. The number of aromatic carboxylic acids is 1. The average Bonchev–Trinajstić information content (AvgIpc) is 2.78. The maximum atomic E-state index is 13.0. The van der Waals surface area contributed by atoms with Crippen molar-refractivity contribution in [1.82, 2.24) is 0 Å². The number of benzene rings is 1. The van der Waals surface area contributed by atoms with Crippen molar-refractivity contribution < 1.29 is 18.7 Å². The summed E-state index contributed by atoms with van der Waals surface area (Å²) < 4.78 is 18.1. The number of halogens is 1. The third-order valence-corrected chi connectivity index (χ3v) is 2.25. The highest BCUT2D eigenvalue weighted by Gasteiger charge is 2.10. The predicted octanol–water partition coefficient (Wildman–Crippen LogP) is 2.73. The van der Waals surface area contributed by atoms with Crippen LogP contribution in [0.2, 0.25) is 0 Å². The first-order chi connectivity index (χ1) is 8.16. The second-order valence-corrected chi connectivity index (χ2v) is 3.43. The van der Waals surface area contributed by atoms with Gasteiger partial charge in [-0.15, -0.1) is 0 Å². The first kappa shape index (κ1) is 11.2. The lowest BCUT2D eigenvalue weighted by Gasteiger charge is -2.08. The van der Waals surface area contributed by atoms with Gasteiger partial charge in [-0.3, -0.25) is 0 Å². The molecule has 0 unspecified atom stereocenters. The second kappa shape index (κ2) is 4.69. The summed E-state index contributed by atoms with van der Waals surface area (Å²) in [6.45, 7) is 0.302. The Morgan fingerprint density at radius 2 is 2.24 bits per heavy atom. The van der Waals surface area contributed by atoms with Gasteiger partial charge < -0.3 is 14.8 Å². The number of carboxylic acids is 1. The number of nitrogens with one attached hydrogen (secondary N) is 1. The summed E-state index contributed by atoms with van der Waals surface area (Å²) in [6, 6.07) is 6.95. The van der Waals surface area contributed by atoms with Crippen LogP contribution in [0.25, 0.3) is 0 Å². The van der Waals surface area contributed by atoms with E-state index in [2.05, 4.69) is 5.32 Å². The van der Waals surface area contributed by atoms with Crippen LogP contribution in [0.1, 0.15) is 16.1 Å². The maximum Gasteiger partial charge on any atom is 0.337 e. The SMILES string of the molecule is O=C(O)c1ccc(F)cc1NCc1ccco1. The largest absolute Gasteiger partial charge is 0.478 e. The van der Waals surface area contributed by atoms with Gasteiger partial charge in [0.15, 0.2) is 0 Å². The molecule has 2 aromatic rings. The standard InChI is InChI=1S/C12H10FNO3/c13-8-3-4-10(12(15)16)11(6-8)14-7-9-2-1-5-17-9/h1-6,14H,7H2,(H,15,16). The topological polar surface area (TPSA) is 62.5 Å². The summed E-state index contributed by atoms with van der Waals surface area (Å²) >= 11 is 0. The van der Waals surface area contributed by atoms with Crippen LogP contribution in [0, 0.1) is 5.82 Å². The van der Waals surface area contributed by atoms with E-state index in [4.69, 9.17) is 9.52 Å². The normalized spacial score (nSPS) is 10.2. The molecule has 0 radical (unpaired) electrons. The van der Waals surface area contributed by atoms with Gasteiger partial charge in [0.2, 0.25) is 0 Å². The molecular weight excluding hydrogens is 225 g/mol. The highest BCUT2D eigenvalue weighted by Crippen LogP contribution is 2.18. The molecule has 17 heavy (non-hydrogen) atoms. The Kier molecular flexibility index (Phi) is 3.09. The van der Waals surface area contributed by atoms with E-state index in [0.717, 1.165) is 12.1 Å². The Hall–Kier alpha value is -2.30. The minimum Gasteiger partial charge on any atom is -0.478 e. The predicted molar refractivity (Wildman–Crippen MR) is 59.4 cm³/mol. The fourth-order valence-electron chi connectivity index (χ4n) is 1.44. The van der Waals surface area contributed by atoms with Crippen molar-refractivity contribution in [3.63, 3.8) is 0 Å². The minimum atomic E-state index is -1.10. The summed E-state index contributed by atoms with van der Waals surface area (Å²) in [5.74, 6) is -0.950. The number of furan rings is 1. The van der Waals surface area contributed by atoms with Gasteiger partial charge >= 0.3 is 5.97 Å². The first-order valence-corrected chi connectivity index (χ1v) is 4.96. The number of anilines is 1. The van der Waals surface area contributed by atoms with E-state index in [9.17, 15) is 9.18 Å². The molecule has 5 heteroatoms. The lowest BCUT2D eigenvalue weighted by Crippen LogP contribution is -2.06. The van der Waals surface area contributed by atoms with E-state index >= 15 is 0 Å². The minimum absolute atomic E-state index is 0.0259. The maximum absolute atomic E-state index is 13.0. The van der Waals surface area contributed by atoms with Crippen molar-refractivity contribution in [2.75, 3.05) is 5.32 Å². The molecule has 0 bridgehead atoms. The van der Waals surface area contributed by atoms with E-state index in [1.807, 2.05) is 0 Å². The van der Waals surface area contributed by atoms with Gasteiger partial charge in [0, 0.05) is 0 Å². The number of hydrogen-bond acceptors (Lipinski definition) is 3. The number of carboxylic acid groups (broad SMARTS) is 1. The van der Waals surface area contributed by atoms with Crippen molar-refractivity contribution in [2.45, 2.75) is 6.54 Å².